The third kappa shape index (κ3) is 3.44. The van der Waals surface area contributed by atoms with Crippen LogP contribution in [0.15, 0.2) is 18.5 Å². The Morgan fingerprint density at radius 3 is 2.59 bits per heavy atom. The summed E-state index contributed by atoms with van der Waals surface area (Å²) in [4.78, 5) is 24.7. The van der Waals surface area contributed by atoms with Crippen molar-refractivity contribution in [2.45, 2.75) is 32.2 Å². The number of aliphatic hydroxyl groups excluding tert-OH is 1. The second-order valence-corrected chi connectivity index (χ2v) is 6.48. The number of nitrogens with zero attached hydrogens (tertiary/aromatic N) is 4. The van der Waals surface area contributed by atoms with Crippen molar-refractivity contribution in [3.63, 3.8) is 0 Å². The van der Waals surface area contributed by atoms with Crippen molar-refractivity contribution in [1.29, 1.82) is 0 Å². The first-order valence-electron chi connectivity index (χ1n) is 8.08. The van der Waals surface area contributed by atoms with Crippen LogP contribution >= 0.6 is 0 Å². The zero-order valence-corrected chi connectivity index (χ0v) is 12.9. The average Bonchev–Trinajstić information content (AvgIpc) is 2.55. The fourth-order valence-corrected chi connectivity index (χ4v) is 3.63. The van der Waals surface area contributed by atoms with E-state index in [1.807, 2.05) is 11.0 Å². The lowest BCUT2D eigenvalue weighted by molar-refractivity contribution is -0.139. The highest BCUT2D eigenvalue weighted by molar-refractivity contribution is 5.77. The topological polar surface area (TPSA) is 69.6 Å². The summed E-state index contributed by atoms with van der Waals surface area (Å²) in [6, 6.07) is 1.84. The Hall–Kier alpha value is -1.53. The van der Waals surface area contributed by atoms with Crippen molar-refractivity contribution < 1.29 is 9.90 Å². The molecule has 1 aromatic heterocycles. The summed E-state index contributed by atoms with van der Waals surface area (Å²) < 4.78 is 0. The molecular weight excluding hydrogens is 280 g/mol. The molecule has 120 valence electrons. The number of aliphatic hydroxyl groups is 1. The predicted octanol–water partition coefficient (Wildman–Crippen LogP) is 0.673. The first kappa shape index (κ1) is 15.4. The number of rotatable bonds is 4. The van der Waals surface area contributed by atoms with Gasteiger partial charge in [0.1, 0.15) is 5.82 Å². The van der Waals surface area contributed by atoms with Gasteiger partial charge in [0.15, 0.2) is 0 Å². The van der Waals surface area contributed by atoms with E-state index in [-0.39, 0.29) is 17.9 Å². The molecule has 0 radical (unpaired) electrons. The third-order valence-corrected chi connectivity index (χ3v) is 5.02. The van der Waals surface area contributed by atoms with Crippen molar-refractivity contribution in [2.24, 2.45) is 5.41 Å². The summed E-state index contributed by atoms with van der Waals surface area (Å²) in [7, 11) is 0. The van der Waals surface area contributed by atoms with E-state index in [2.05, 4.69) is 14.9 Å². The van der Waals surface area contributed by atoms with E-state index in [1.54, 1.807) is 12.4 Å². The fraction of sp³-hybridized carbons (Fsp3) is 0.688. The summed E-state index contributed by atoms with van der Waals surface area (Å²) in [5, 5.41) is 9.11. The number of hydrogen-bond donors (Lipinski definition) is 1. The first-order valence-corrected chi connectivity index (χ1v) is 8.08. The SMILES string of the molecule is O=C1CCC2(CCN(Cc3ncccn3)CC2)CN1CCO. The number of likely N-dealkylation sites (tertiary alicyclic amines) is 2. The van der Waals surface area contributed by atoms with E-state index in [0.29, 0.717) is 13.0 Å². The maximum atomic E-state index is 11.9. The summed E-state index contributed by atoms with van der Waals surface area (Å²) in [6.07, 6.45) is 7.40. The normalized spacial score (nSPS) is 22.2. The third-order valence-electron chi connectivity index (χ3n) is 5.02. The molecule has 1 spiro atoms. The number of carbonyl (C=O) groups excluding carboxylic acids is 1. The van der Waals surface area contributed by atoms with Crippen LogP contribution in [0.2, 0.25) is 0 Å². The van der Waals surface area contributed by atoms with Gasteiger partial charge in [-0.05, 0) is 43.8 Å². The number of β-amino-alcohol motifs (C(OH)–C–C–N with tert-alkyl or cyclic N) is 1. The predicted molar refractivity (Wildman–Crippen MR) is 81.9 cm³/mol. The van der Waals surface area contributed by atoms with Gasteiger partial charge in [-0.1, -0.05) is 0 Å². The van der Waals surface area contributed by atoms with E-state index in [0.717, 1.165) is 51.3 Å². The lowest BCUT2D eigenvalue weighted by Gasteiger charge is -2.47. The Balaban J connectivity index is 1.55. The molecule has 3 rings (SSSR count). The van der Waals surface area contributed by atoms with E-state index < -0.39 is 0 Å². The molecule has 0 saturated carbocycles. The number of hydrogen-bond acceptors (Lipinski definition) is 5. The molecular formula is C16H24N4O2. The van der Waals surface area contributed by atoms with Crippen LogP contribution in [0.1, 0.15) is 31.5 Å². The second-order valence-electron chi connectivity index (χ2n) is 6.48. The number of piperidine rings is 2. The Bertz CT molecular complexity index is 500. The van der Waals surface area contributed by atoms with Crippen LogP contribution in [0.4, 0.5) is 0 Å². The van der Waals surface area contributed by atoms with E-state index in [4.69, 9.17) is 5.11 Å². The minimum absolute atomic E-state index is 0.0549. The molecule has 0 aliphatic carbocycles. The van der Waals surface area contributed by atoms with Gasteiger partial charge in [0, 0.05) is 31.9 Å². The van der Waals surface area contributed by atoms with Gasteiger partial charge in [-0.15, -0.1) is 0 Å². The standard InChI is InChI=1S/C16H24N4O2/c21-11-10-20-13-16(3-2-15(20)22)4-8-19(9-5-16)12-14-17-6-1-7-18-14/h1,6-7,21H,2-5,8-13H2. The van der Waals surface area contributed by atoms with Crippen molar-refractivity contribution in [2.75, 3.05) is 32.8 Å². The molecule has 1 aromatic rings. The highest BCUT2D eigenvalue weighted by Crippen LogP contribution is 2.40. The molecule has 22 heavy (non-hydrogen) atoms. The van der Waals surface area contributed by atoms with E-state index in [9.17, 15) is 4.79 Å². The fourth-order valence-electron chi connectivity index (χ4n) is 3.63. The van der Waals surface area contributed by atoms with Gasteiger partial charge in [-0.25, -0.2) is 9.97 Å². The highest BCUT2D eigenvalue weighted by atomic mass is 16.3. The quantitative estimate of drug-likeness (QED) is 0.885. The molecule has 6 heteroatoms. The van der Waals surface area contributed by atoms with Gasteiger partial charge in [0.05, 0.1) is 13.2 Å². The zero-order valence-electron chi connectivity index (χ0n) is 12.9. The van der Waals surface area contributed by atoms with Gasteiger partial charge in [0.25, 0.3) is 0 Å². The van der Waals surface area contributed by atoms with E-state index >= 15 is 0 Å². The van der Waals surface area contributed by atoms with Crippen LogP contribution in [0.25, 0.3) is 0 Å². The largest absolute Gasteiger partial charge is 0.395 e. The van der Waals surface area contributed by atoms with Crippen LogP contribution in [-0.2, 0) is 11.3 Å². The monoisotopic (exact) mass is 304 g/mol. The minimum atomic E-state index is 0.0549. The molecule has 2 aliphatic rings. The second kappa shape index (κ2) is 6.71. The average molecular weight is 304 g/mol. The van der Waals surface area contributed by atoms with E-state index in [1.165, 1.54) is 0 Å². The Kier molecular flexibility index (Phi) is 4.69. The van der Waals surface area contributed by atoms with Gasteiger partial charge in [0.2, 0.25) is 5.91 Å². The Morgan fingerprint density at radius 2 is 1.91 bits per heavy atom. The molecule has 2 aliphatic heterocycles. The summed E-state index contributed by atoms with van der Waals surface area (Å²) in [5.74, 6) is 1.07. The van der Waals surface area contributed by atoms with Crippen LogP contribution < -0.4 is 0 Å². The van der Waals surface area contributed by atoms with Crippen molar-refractivity contribution in [3.8, 4) is 0 Å². The summed E-state index contributed by atoms with van der Waals surface area (Å²) in [6.45, 7) is 4.19. The van der Waals surface area contributed by atoms with Crippen LogP contribution in [0, 0.1) is 5.41 Å². The Morgan fingerprint density at radius 1 is 1.18 bits per heavy atom. The molecule has 6 nitrogen and oxygen atoms in total. The Labute approximate surface area is 131 Å². The maximum absolute atomic E-state index is 11.9. The molecule has 0 aromatic carbocycles. The number of aromatic nitrogens is 2. The molecule has 1 N–H and O–H groups in total. The molecule has 0 unspecified atom stereocenters. The molecule has 1 amide bonds. The number of carbonyl (C=O) groups is 1. The molecule has 2 saturated heterocycles. The van der Waals surface area contributed by atoms with Gasteiger partial charge < -0.3 is 10.0 Å². The van der Waals surface area contributed by atoms with Crippen molar-refractivity contribution in [1.82, 2.24) is 19.8 Å². The van der Waals surface area contributed by atoms with Crippen molar-refractivity contribution >= 4 is 5.91 Å². The van der Waals surface area contributed by atoms with Crippen LogP contribution in [0.5, 0.6) is 0 Å². The van der Waals surface area contributed by atoms with Crippen LogP contribution in [-0.4, -0.2) is 63.6 Å². The van der Waals surface area contributed by atoms with Gasteiger partial charge in [-0.2, -0.15) is 0 Å². The molecule has 2 fully saturated rings. The van der Waals surface area contributed by atoms with Gasteiger partial charge in [-0.3, -0.25) is 9.69 Å². The van der Waals surface area contributed by atoms with Gasteiger partial charge >= 0.3 is 0 Å². The van der Waals surface area contributed by atoms with Crippen LogP contribution in [0.3, 0.4) is 0 Å². The highest BCUT2D eigenvalue weighted by Gasteiger charge is 2.40. The molecule has 3 heterocycles. The maximum Gasteiger partial charge on any atom is 0.222 e. The molecule has 0 bridgehead atoms. The zero-order chi connectivity index (χ0) is 15.4. The lowest BCUT2D eigenvalue weighted by Crippen LogP contribution is -2.52. The summed E-state index contributed by atoms with van der Waals surface area (Å²) >= 11 is 0. The number of amides is 1. The lowest BCUT2D eigenvalue weighted by atomic mass is 9.72. The minimum Gasteiger partial charge on any atom is -0.395 e. The molecule has 0 atom stereocenters. The van der Waals surface area contributed by atoms with Crippen molar-refractivity contribution in [3.05, 3.63) is 24.3 Å². The first-order chi connectivity index (χ1) is 10.7. The summed E-state index contributed by atoms with van der Waals surface area (Å²) in [5.41, 5.74) is 0.247. The smallest absolute Gasteiger partial charge is 0.222 e.